The molecule has 0 saturated carbocycles. The maximum atomic E-state index is 13.0. The second kappa shape index (κ2) is 5.36. The van der Waals surface area contributed by atoms with Gasteiger partial charge in [0.05, 0.1) is 5.56 Å². The van der Waals surface area contributed by atoms with Crippen molar-refractivity contribution in [2.24, 2.45) is 0 Å². The van der Waals surface area contributed by atoms with E-state index in [0.29, 0.717) is 12.1 Å². The predicted octanol–water partition coefficient (Wildman–Crippen LogP) is 4.06. The van der Waals surface area contributed by atoms with E-state index in [0.717, 1.165) is 0 Å². The first-order valence-corrected chi connectivity index (χ1v) is 5.24. The summed E-state index contributed by atoms with van der Waals surface area (Å²) in [4.78, 5) is 0. The van der Waals surface area contributed by atoms with Crippen LogP contribution in [0.25, 0.3) is 0 Å². The van der Waals surface area contributed by atoms with Crippen LogP contribution in [0, 0.1) is 5.82 Å². The zero-order chi connectivity index (χ0) is 14.8. The van der Waals surface area contributed by atoms with Crippen molar-refractivity contribution in [3.05, 3.63) is 35.1 Å². The van der Waals surface area contributed by atoms with Crippen LogP contribution in [0.3, 0.4) is 0 Å². The topological polar surface area (TPSA) is 12.0 Å². The highest BCUT2D eigenvalue weighted by Crippen LogP contribution is 2.37. The summed E-state index contributed by atoms with van der Waals surface area (Å²) in [6.45, 7) is 1.29. The maximum Gasteiger partial charge on any atom is 0.419 e. The van der Waals surface area contributed by atoms with Gasteiger partial charge in [-0.2, -0.15) is 26.3 Å². The second-order valence-corrected chi connectivity index (χ2v) is 3.77. The van der Waals surface area contributed by atoms with Crippen molar-refractivity contribution in [1.82, 2.24) is 5.32 Å². The van der Waals surface area contributed by atoms with E-state index in [1.807, 2.05) is 5.32 Å². The average Bonchev–Trinajstić information content (AvgIpc) is 2.24. The molecule has 108 valence electrons. The van der Waals surface area contributed by atoms with E-state index in [9.17, 15) is 30.7 Å². The van der Waals surface area contributed by atoms with Gasteiger partial charge in [0, 0.05) is 0 Å². The Bertz CT molecular complexity index is 436. The number of nitrogens with one attached hydrogen (secondary N) is 1. The molecule has 19 heavy (non-hydrogen) atoms. The molecule has 8 heteroatoms. The van der Waals surface area contributed by atoms with Crippen molar-refractivity contribution in [1.29, 1.82) is 0 Å². The lowest BCUT2D eigenvalue weighted by Gasteiger charge is -2.22. The molecule has 0 saturated heterocycles. The van der Waals surface area contributed by atoms with Gasteiger partial charge in [-0.25, -0.2) is 4.39 Å². The van der Waals surface area contributed by atoms with Gasteiger partial charge in [-0.15, -0.1) is 0 Å². The number of alkyl halides is 6. The van der Waals surface area contributed by atoms with Crippen molar-refractivity contribution < 1.29 is 30.7 Å². The monoisotopic (exact) mass is 289 g/mol. The SMILES string of the molecule is CCNC(c1ccc(F)c(C(F)(F)F)c1)C(F)(F)F. The Labute approximate surface area is 104 Å². The van der Waals surface area contributed by atoms with Gasteiger partial charge in [-0.05, 0) is 24.2 Å². The quantitative estimate of drug-likeness (QED) is 0.827. The molecule has 1 rings (SSSR count). The first-order chi connectivity index (χ1) is 8.57. The van der Waals surface area contributed by atoms with E-state index in [4.69, 9.17) is 0 Å². The molecule has 1 N–H and O–H groups in total. The molecule has 0 fully saturated rings. The number of hydrogen-bond acceptors (Lipinski definition) is 1. The molecule has 0 spiro atoms. The summed E-state index contributed by atoms with van der Waals surface area (Å²) in [6, 6.07) is -1.02. The van der Waals surface area contributed by atoms with Crippen molar-refractivity contribution >= 4 is 0 Å². The lowest BCUT2D eigenvalue weighted by Crippen LogP contribution is -2.34. The minimum atomic E-state index is -5.04. The van der Waals surface area contributed by atoms with E-state index >= 15 is 0 Å². The zero-order valence-corrected chi connectivity index (χ0v) is 9.66. The Kier molecular flexibility index (Phi) is 4.44. The highest BCUT2D eigenvalue weighted by atomic mass is 19.4. The molecule has 0 aliphatic carbocycles. The van der Waals surface area contributed by atoms with Crippen molar-refractivity contribution in [3.8, 4) is 0 Å². The van der Waals surface area contributed by atoms with Crippen LogP contribution >= 0.6 is 0 Å². The van der Waals surface area contributed by atoms with Crippen LogP contribution in [-0.4, -0.2) is 12.7 Å². The smallest absolute Gasteiger partial charge is 0.303 e. The summed E-state index contributed by atoms with van der Waals surface area (Å²) >= 11 is 0. The molecule has 0 aliphatic heterocycles. The molecule has 0 aromatic heterocycles. The van der Waals surface area contributed by atoms with Crippen molar-refractivity contribution in [2.75, 3.05) is 6.54 Å². The van der Waals surface area contributed by atoms with E-state index in [1.165, 1.54) is 6.92 Å². The average molecular weight is 289 g/mol. The van der Waals surface area contributed by atoms with Crippen LogP contribution in [0.4, 0.5) is 30.7 Å². The molecule has 1 unspecified atom stereocenters. The number of rotatable bonds is 3. The first-order valence-electron chi connectivity index (χ1n) is 5.24. The molecule has 0 amide bonds. The van der Waals surface area contributed by atoms with Gasteiger partial charge in [0.1, 0.15) is 11.9 Å². The van der Waals surface area contributed by atoms with E-state index in [1.54, 1.807) is 0 Å². The molecule has 0 aliphatic rings. The third kappa shape index (κ3) is 3.82. The summed E-state index contributed by atoms with van der Waals surface area (Å²) < 4.78 is 88.3. The number of benzene rings is 1. The molecular weight excluding hydrogens is 279 g/mol. The normalized spacial score (nSPS) is 14.5. The van der Waals surface area contributed by atoms with Crippen LogP contribution in [-0.2, 0) is 6.18 Å². The molecular formula is C11H10F7N. The highest BCUT2D eigenvalue weighted by Gasteiger charge is 2.42. The second-order valence-electron chi connectivity index (χ2n) is 3.77. The zero-order valence-electron chi connectivity index (χ0n) is 9.66. The molecule has 0 heterocycles. The van der Waals surface area contributed by atoms with Gasteiger partial charge in [0.25, 0.3) is 0 Å². The molecule has 1 nitrogen and oxygen atoms in total. The van der Waals surface area contributed by atoms with E-state index in [-0.39, 0.29) is 12.6 Å². The van der Waals surface area contributed by atoms with Crippen LogP contribution < -0.4 is 5.32 Å². The third-order valence-electron chi connectivity index (χ3n) is 2.36. The number of hydrogen-bond donors (Lipinski definition) is 1. The summed E-state index contributed by atoms with van der Waals surface area (Å²) in [5.41, 5.74) is -2.39. The van der Waals surface area contributed by atoms with Gasteiger partial charge in [-0.1, -0.05) is 13.0 Å². The lowest BCUT2D eigenvalue weighted by molar-refractivity contribution is -0.158. The summed E-state index contributed by atoms with van der Waals surface area (Å²) in [7, 11) is 0. The molecule has 1 atom stereocenters. The Morgan fingerprint density at radius 1 is 1.11 bits per heavy atom. The van der Waals surface area contributed by atoms with E-state index in [2.05, 4.69) is 0 Å². The minimum absolute atomic E-state index is 0.0943. The molecule has 0 radical (unpaired) electrons. The van der Waals surface area contributed by atoms with E-state index < -0.39 is 35.3 Å². The Morgan fingerprint density at radius 3 is 2.11 bits per heavy atom. The van der Waals surface area contributed by atoms with Gasteiger partial charge in [0.15, 0.2) is 0 Å². The number of halogens is 7. The summed E-state index contributed by atoms with van der Waals surface area (Å²) in [5, 5.41) is 2.02. The summed E-state index contributed by atoms with van der Waals surface area (Å²) in [5.74, 6) is -1.60. The summed E-state index contributed by atoms with van der Waals surface area (Å²) in [6.07, 6.45) is -9.81. The minimum Gasteiger partial charge on any atom is -0.303 e. The Hall–Kier alpha value is -1.31. The van der Waals surface area contributed by atoms with Crippen molar-refractivity contribution in [2.45, 2.75) is 25.3 Å². The highest BCUT2D eigenvalue weighted by molar-refractivity contribution is 5.30. The van der Waals surface area contributed by atoms with Gasteiger partial charge in [-0.3, -0.25) is 0 Å². The maximum absolute atomic E-state index is 13.0. The fourth-order valence-corrected chi connectivity index (χ4v) is 1.57. The van der Waals surface area contributed by atoms with Gasteiger partial charge in [0.2, 0.25) is 0 Å². The molecule has 1 aromatic rings. The molecule has 0 bridgehead atoms. The van der Waals surface area contributed by atoms with Crippen LogP contribution in [0.2, 0.25) is 0 Å². The standard InChI is InChI=1S/C11H10F7N/c1-2-19-9(11(16,17)18)6-3-4-8(12)7(5-6)10(13,14)15/h3-5,9,19H,2H2,1H3. The fraction of sp³-hybridized carbons (Fsp3) is 0.455. The van der Waals surface area contributed by atoms with Gasteiger partial charge < -0.3 is 5.32 Å². The van der Waals surface area contributed by atoms with Crippen LogP contribution in [0.15, 0.2) is 18.2 Å². The van der Waals surface area contributed by atoms with Crippen LogP contribution in [0.1, 0.15) is 24.1 Å². The largest absolute Gasteiger partial charge is 0.419 e. The fourth-order valence-electron chi connectivity index (χ4n) is 1.57. The first kappa shape index (κ1) is 15.7. The van der Waals surface area contributed by atoms with Crippen LogP contribution in [0.5, 0.6) is 0 Å². The lowest BCUT2D eigenvalue weighted by atomic mass is 10.0. The van der Waals surface area contributed by atoms with Gasteiger partial charge >= 0.3 is 12.4 Å². The van der Waals surface area contributed by atoms with Crippen molar-refractivity contribution in [3.63, 3.8) is 0 Å². The Balaban J connectivity index is 3.26. The molecule has 1 aromatic carbocycles. The Morgan fingerprint density at radius 2 is 1.68 bits per heavy atom. The third-order valence-corrected chi connectivity index (χ3v) is 2.36. The predicted molar refractivity (Wildman–Crippen MR) is 53.9 cm³/mol.